The van der Waals surface area contributed by atoms with Gasteiger partial charge in [0.05, 0.1) is 18.7 Å². The Hall–Kier alpha value is -1.27. The number of aliphatic hydroxyl groups is 1. The molecule has 1 rings (SSSR count). The van der Waals surface area contributed by atoms with E-state index < -0.39 is 6.10 Å². The molecule has 0 aromatic rings. The Balaban J connectivity index is 2.57. The first-order valence-corrected chi connectivity index (χ1v) is 10.3. The normalized spacial score (nSPS) is 19.8. The molecule has 1 aliphatic heterocycles. The predicted octanol–water partition coefficient (Wildman–Crippen LogP) is 4.92. The van der Waals surface area contributed by atoms with Gasteiger partial charge in [0.25, 0.3) is 0 Å². The summed E-state index contributed by atoms with van der Waals surface area (Å²) < 4.78 is 0. The first kappa shape index (κ1) is 22.8. The molecule has 0 spiro atoms. The number of hydrogen-bond acceptors (Lipinski definition) is 2. The van der Waals surface area contributed by atoms with Crippen molar-refractivity contribution in [3.63, 3.8) is 0 Å². The van der Waals surface area contributed by atoms with Crippen molar-refractivity contribution in [1.29, 1.82) is 0 Å². The molecule has 3 atom stereocenters. The third-order valence-corrected chi connectivity index (χ3v) is 5.04. The molecular formula is C23H37NO2. The van der Waals surface area contributed by atoms with Crippen LogP contribution in [0.5, 0.6) is 0 Å². The van der Waals surface area contributed by atoms with E-state index in [1.807, 2.05) is 30.5 Å². The van der Waals surface area contributed by atoms with E-state index in [1.54, 1.807) is 0 Å². The molecule has 3 nitrogen and oxygen atoms in total. The van der Waals surface area contributed by atoms with Crippen LogP contribution in [0.15, 0.2) is 12.2 Å². The quantitative estimate of drug-likeness (QED) is 0.323. The van der Waals surface area contributed by atoms with Gasteiger partial charge < -0.3 is 10.0 Å². The molecular weight excluding hydrogens is 322 g/mol. The summed E-state index contributed by atoms with van der Waals surface area (Å²) in [6.45, 7) is 12.2. The Morgan fingerprint density at radius 1 is 1.31 bits per heavy atom. The number of rotatable bonds is 11. The second-order valence-corrected chi connectivity index (χ2v) is 7.49. The van der Waals surface area contributed by atoms with E-state index in [4.69, 9.17) is 0 Å². The molecule has 0 saturated carbocycles. The number of carbonyl (C=O) groups is 1. The van der Waals surface area contributed by atoms with Crippen molar-refractivity contribution < 1.29 is 9.90 Å². The van der Waals surface area contributed by atoms with Crippen LogP contribution in [0.4, 0.5) is 0 Å². The van der Waals surface area contributed by atoms with Crippen LogP contribution < -0.4 is 0 Å². The van der Waals surface area contributed by atoms with E-state index in [0.717, 1.165) is 44.9 Å². The van der Waals surface area contributed by atoms with Gasteiger partial charge in [-0.2, -0.15) is 0 Å². The molecule has 0 aromatic heterocycles. The maximum atomic E-state index is 12.1. The molecule has 0 aromatic carbocycles. The number of nitrogens with zero attached hydrogens (tertiary/aromatic N) is 1. The fourth-order valence-electron chi connectivity index (χ4n) is 3.33. The summed E-state index contributed by atoms with van der Waals surface area (Å²) in [7, 11) is 0. The Bertz CT molecular complexity index is 486. The van der Waals surface area contributed by atoms with Gasteiger partial charge >= 0.3 is 0 Å². The third-order valence-electron chi connectivity index (χ3n) is 5.04. The number of aliphatic hydroxyl groups excluding tert-OH is 1. The summed E-state index contributed by atoms with van der Waals surface area (Å²) in [5, 5.41) is 10.6. The van der Waals surface area contributed by atoms with Crippen LogP contribution in [0.3, 0.4) is 0 Å². The highest BCUT2D eigenvalue weighted by atomic mass is 16.3. The molecule has 1 amide bonds. The summed E-state index contributed by atoms with van der Waals surface area (Å²) >= 11 is 0. The predicted molar refractivity (Wildman–Crippen MR) is 109 cm³/mol. The molecule has 3 heteroatoms. The van der Waals surface area contributed by atoms with Crippen LogP contribution in [-0.2, 0) is 4.79 Å². The Kier molecular flexibility index (Phi) is 11.4. The minimum atomic E-state index is -0.518. The molecule has 0 aliphatic carbocycles. The molecule has 1 saturated heterocycles. The van der Waals surface area contributed by atoms with Crippen LogP contribution >= 0.6 is 0 Å². The van der Waals surface area contributed by atoms with Crippen LogP contribution in [0.1, 0.15) is 78.6 Å². The Labute approximate surface area is 161 Å². The standard InChI is InChI=1S/C23H37NO2/c1-5-7-9-10-12-18-24-20(15-17-23(24)26)14-16-22(25)21(19(3)4)13-11-8-6-2/h14,16,18-22,25H,1,5-7,9-10,12-13,15,17H2,2-4H3/b16-14+/t20-,21+,22+/m0/s1. The second-order valence-electron chi connectivity index (χ2n) is 7.49. The average Bonchev–Trinajstić information content (AvgIpc) is 2.96. The molecule has 26 heavy (non-hydrogen) atoms. The number of unbranched alkanes of at least 4 members (excludes halogenated alkanes) is 4. The molecule has 1 fully saturated rings. The maximum absolute atomic E-state index is 12.1. The molecule has 1 heterocycles. The summed E-state index contributed by atoms with van der Waals surface area (Å²) in [5.74, 6) is 6.94. The fraction of sp³-hybridized carbons (Fsp3) is 0.696. The minimum absolute atomic E-state index is 0.0829. The largest absolute Gasteiger partial charge is 0.389 e. The van der Waals surface area contributed by atoms with E-state index >= 15 is 0 Å². The van der Waals surface area contributed by atoms with Gasteiger partial charge in [0.15, 0.2) is 0 Å². The van der Waals surface area contributed by atoms with Gasteiger partial charge in [0.2, 0.25) is 5.91 Å². The highest BCUT2D eigenvalue weighted by Crippen LogP contribution is 2.25. The zero-order valence-corrected chi connectivity index (χ0v) is 16.9. The lowest BCUT2D eigenvalue weighted by Crippen LogP contribution is -2.30. The molecule has 1 N–H and O–H groups in total. The minimum Gasteiger partial charge on any atom is -0.389 e. The van der Waals surface area contributed by atoms with Crippen LogP contribution in [0.2, 0.25) is 0 Å². The van der Waals surface area contributed by atoms with E-state index in [1.165, 1.54) is 0 Å². The lowest BCUT2D eigenvalue weighted by atomic mass is 9.87. The molecule has 1 aliphatic rings. The average molecular weight is 360 g/mol. The monoisotopic (exact) mass is 359 g/mol. The Morgan fingerprint density at radius 3 is 2.73 bits per heavy atom. The van der Waals surface area contributed by atoms with Crippen LogP contribution in [0.25, 0.3) is 0 Å². The summed E-state index contributed by atoms with van der Waals surface area (Å²) in [6, 6.07) is 0.0829. The lowest BCUT2D eigenvalue weighted by Gasteiger charge is -2.24. The second kappa shape index (κ2) is 13.0. The van der Waals surface area contributed by atoms with Gasteiger partial charge in [-0.25, -0.2) is 0 Å². The number of likely N-dealkylation sites (tertiary alicyclic amines) is 1. The fourth-order valence-corrected chi connectivity index (χ4v) is 3.33. The summed E-state index contributed by atoms with van der Waals surface area (Å²) in [4.78, 5) is 14.0. The first-order chi connectivity index (χ1) is 12.5. The van der Waals surface area contributed by atoms with Gasteiger partial charge in [-0.1, -0.05) is 65.5 Å². The molecule has 0 bridgehead atoms. The van der Waals surface area contributed by atoms with Crippen LogP contribution in [-0.4, -0.2) is 28.1 Å². The molecule has 146 valence electrons. The van der Waals surface area contributed by atoms with E-state index in [2.05, 4.69) is 32.6 Å². The van der Waals surface area contributed by atoms with Crippen molar-refractivity contribution in [2.75, 3.05) is 0 Å². The molecule has 2 radical (unpaired) electrons. The van der Waals surface area contributed by atoms with E-state index in [9.17, 15) is 9.90 Å². The van der Waals surface area contributed by atoms with Crippen molar-refractivity contribution >= 4 is 5.91 Å². The SMILES string of the molecule is [CH2]CCCCC[CH]N1C(=O)CC[C@@H]1/C=C/[C@@H](O)[C@H](CC#CCC)C(C)C. The topological polar surface area (TPSA) is 40.5 Å². The van der Waals surface area contributed by atoms with Crippen LogP contribution in [0, 0.1) is 37.1 Å². The number of amides is 1. The van der Waals surface area contributed by atoms with Crippen molar-refractivity contribution in [3.8, 4) is 11.8 Å². The highest BCUT2D eigenvalue weighted by Gasteiger charge is 2.29. The van der Waals surface area contributed by atoms with Crippen molar-refractivity contribution in [2.45, 2.75) is 90.7 Å². The summed E-state index contributed by atoms with van der Waals surface area (Å²) in [6.07, 6.45) is 11.7. The smallest absolute Gasteiger partial charge is 0.223 e. The lowest BCUT2D eigenvalue weighted by molar-refractivity contribution is -0.127. The van der Waals surface area contributed by atoms with Crippen molar-refractivity contribution in [3.05, 3.63) is 25.6 Å². The van der Waals surface area contributed by atoms with E-state index in [-0.39, 0.29) is 17.9 Å². The van der Waals surface area contributed by atoms with Gasteiger partial charge in [-0.05, 0) is 18.8 Å². The van der Waals surface area contributed by atoms with Crippen molar-refractivity contribution in [2.24, 2.45) is 11.8 Å². The Morgan fingerprint density at radius 2 is 2.08 bits per heavy atom. The van der Waals surface area contributed by atoms with Crippen molar-refractivity contribution in [1.82, 2.24) is 4.90 Å². The molecule has 0 unspecified atom stereocenters. The zero-order valence-electron chi connectivity index (χ0n) is 16.9. The van der Waals surface area contributed by atoms with E-state index in [0.29, 0.717) is 18.8 Å². The highest BCUT2D eigenvalue weighted by molar-refractivity contribution is 5.79. The number of carbonyl (C=O) groups excluding carboxylic acids is 1. The van der Waals surface area contributed by atoms with Gasteiger partial charge in [0, 0.05) is 25.2 Å². The number of hydrogen-bond donors (Lipinski definition) is 1. The van der Waals surface area contributed by atoms with Gasteiger partial charge in [-0.15, -0.1) is 11.8 Å². The summed E-state index contributed by atoms with van der Waals surface area (Å²) in [5.41, 5.74) is 0. The van der Waals surface area contributed by atoms with Gasteiger partial charge in [-0.3, -0.25) is 4.79 Å². The zero-order chi connectivity index (χ0) is 19.4. The van der Waals surface area contributed by atoms with Gasteiger partial charge in [0.1, 0.15) is 0 Å². The third kappa shape index (κ3) is 7.96. The maximum Gasteiger partial charge on any atom is 0.223 e. The first-order valence-electron chi connectivity index (χ1n) is 10.3.